The van der Waals surface area contributed by atoms with Crippen LogP contribution in [0.1, 0.15) is 30.0 Å². The number of nitrogens with one attached hydrogen (secondary N) is 1. The third-order valence-electron chi connectivity index (χ3n) is 5.27. The number of carbonyl (C=O) groups is 1. The number of amides is 2. The predicted octanol–water partition coefficient (Wildman–Crippen LogP) is 5.07. The summed E-state index contributed by atoms with van der Waals surface area (Å²) < 4.78 is 23.9. The van der Waals surface area contributed by atoms with E-state index in [2.05, 4.69) is 10.3 Å². The van der Waals surface area contributed by atoms with Crippen LogP contribution in [0.2, 0.25) is 0 Å². The number of urea groups is 1. The molecule has 1 saturated heterocycles. The summed E-state index contributed by atoms with van der Waals surface area (Å²) in [5.41, 5.74) is 1.94. The molecule has 160 valence electrons. The van der Waals surface area contributed by atoms with E-state index < -0.39 is 0 Å². The van der Waals surface area contributed by atoms with Gasteiger partial charge in [-0.2, -0.15) is 0 Å². The highest BCUT2D eigenvalue weighted by atomic mass is 19.1. The summed E-state index contributed by atoms with van der Waals surface area (Å²) in [7, 11) is 1.64. The number of hydrogen-bond acceptors (Lipinski definition) is 4. The first-order valence-corrected chi connectivity index (χ1v) is 10.2. The molecule has 31 heavy (non-hydrogen) atoms. The summed E-state index contributed by atoms with van der Waals surface area (Å²) in [6.45, 7) is 1.08. The molecule has 3 aromatic rings. The zero-order valence-electron chi connectivity index (χ0n) is 17.3. The quantitative estimate of drug-likeness (QED) is 0.604. The smallest absolute Gasteiger partial charge is 0.318 e. The molecular formula is C24H24FN3O3. The summed E-state index contributed by atoms with van der Waals surface area (Å²) in [5.74, 6) is 1.38. The number of rotatable bonds is 6. The monoisotopic (exact) mass is 421 g/mol. The van der Waals surface area contributed by atoms with Crippen molar-refractivity contribution in [3.05, 3.63) is 83.8 Å². The van der Waals surface area contributed by atoms with E-state index in [1.165, 1.54) is 12.1 Å². The fourth-order valence-electron chi connectivity index (χ4n) is 3.68. The summed E-state index contributed by atoms with van der Waals surface area (Å²) in [5, 5.41) is 2.98. The van der Waals surface area contributed by atoms with Crippen molar-refractivity contribution in [3.8, 4) is 17.4 Å². The molecule has 1 unspecified atom stereocenters. The second-order valence-electron chi connectivity index (χ2n) is 7.35. The molecule has 0 saturated carbocycles. The molecule has 0 radical (unpaired) electrons. The number of likely N-dealkylation sites (tertiary alicyclic amines) is 1. The average molecular weight is 421 g/mol. The molecule has 1 aliphatic heterocycles. The predicted molar refractivity (Wildman–Crippen MR) is 115 cm³/mol. The number of methoxy groups -OCH3 is 1. The fourth-order valence-corrected chi connectivity index (χ4v) is 3.68. The van der Waals surface area contributed by atoms with Crippen molar-refractivity contribution in [2.75, 3.05) is 13.7 Å². The normalized spacial score (nSPS) is 15.5. The van der Waals surface area contributed by atoms with Crippen LogP contribution in [0.25, 0.3) is 0 Å². The lowest BCUT2D eigenvalue weighted by molar-refractivity contribution is 0.192. The second kappa shape index (κ2) is 9.47. The number of ether oxygens (including phenoxy) is 2. The molecule has 4 rings (SSSR count). The zero-order chi connectivity index (χ0) is 21.6. The van der Waals surface area contributed by atoms with Gasteiger partial charge in [0.15, 0.2) is 0 Å². The number of pyridine rings is 1. The molecule has 2 amide bonds. The maximum absolute atomic E-state index is 13.0. The Balaban J connectivity index is 1.34. The van der Waals surface area contributed by atoms with Crippen molar-refractivity contribution in [1.82, 2.24) is 15.2 Å². The van der Waals surface area contributed by atoms with Gasteiger partial charge in [-0.3, -0.25) is 0 Å². The molecule has 6 nitrogen and oxygen atoms in total. The molecule has 1 aromatic heterocycles. The number of benzene rings is 2. The lowest BCUT2D eigenvalue weighted by atomic mass is 10.0. The Bertz CT molecular complexity index is 1020. The number of hydrogen-bond donors (Lipinski definition) is 1. The third kappa shape index (κ3) is 5.12. The van der Waals surface area contributed by atoms with E-state index in [-0.39, 0.29) is 17.9 Å². The van der Waals surface area contributed by atoms with Crippen molar-refractivity contribution in [1.29, 1.82) is 0 Å². The molecule has 0 spiro atoms. The Morgan fingerprint density at radius 3 is 2.74 bits per heavy atom. The van der Waals surface area contributed by atoms with Crippen LogP contribution in [0.5, 0.6) is 17.4 Å². The number of carbonyl (C=O) groups excluding carboxylic acids is 1. The number of halogens is 1. The fraction of sp³-hybridized carbons (Fsp3) is 0.250. The molecule has 1 N–H and O–H groups in total. The van der Waals surface area contributed by atoms with Gasteiger partial charge in [0.2, 0.25) is 5.88 Å². The lowest BCUT2D eigenvalue weighted by Gasteiger charge is -2.25. The highest BCUT2D eigenvalue weighted by molar-refractivity contribution is 5.75. The standard InChI is InChI=1S/C24H24FN3O3/c1-30-21-5-2-4-18(14-21)22-6-3-13-28(22)24(29)27-16-17-7-12-23(26-15-17)31-20-10-8-19(25)9-11-20/h2,4-5,7-12,14-15,22H,3,6,13,16H2,1H3,(H,27,29). The summed E-state index contributed by atoms with van der Waals surface area (Å²) in [6.07, 6.45) is 3.55. The van der Waals surface area contributed by atoms with Crippen LogP contribution in [0.15, 0.2) is 66.9 Å². The second-order valence-corrected chi connectivity index (χ2v) is 7.35. The van der Waals surface area contributed by atoms with Gasteiger partial charge in [-0.1, -0.05) is 18.2 Å². The lowest BCUT2D eigenvalue weighted by Crippen LogP contribution is -2.39. The molecule has 0 aliphatic carbocycles. The topological polar surface area (TPSA) is 63.7 Å². The first kappa shape index (κ1) is 20.7. The van der Waals surface area contributed by atoms with E-state index in [0.29, 0.717) is 18.2 Å². The number of aromatic nitrogens is 1. The van der Waals surface area contributed by atoms with Crippen molar-refractivity contribution >= 4 is 6.03 Å². The van der Waals surface area contributed by atoms with E-state index >= 15 is 0 Å². The average Bonchev–Trinajstić information content (AvgIpc) is 3.30. The molecular weight excluding hydrogens is 397 g/mol. The van der Waals surface area contributed by atoms with Crippen LogP contribution in [0.4, 0.5) is 9.18 Å². The largest absolute Gasteiger partial charge is 0.497 e. The van der Waals surface area contributed by atoms with E-state index in [9.17, 15) is 9.18 Å². The van der Waals surface area contributed by atoms with Crippen LogP contribution >= 0.6 is 0 Å². The van der Waals surface area contributed by atoms with Crippen LogP contribution in [0.3, 0.4) is 0 Å². The molecule has 1 fully saturated rings. The van der Waals surface area contributed by atoms with Gasteiger partial charge in [0.25, 0.3) is 0 Å². The van der Waals surface area contributed by atoms with E-state index in [4.69, 9.17) is 9.47 Å². The molecule has 0 bridgehead atoms. The van der Waals surface area contributed by atoms with Crippen molar-refractivity contribution in [2.45, 2.75) is 25.4 Å². The van der Waals surface area contributed by atoms with Gasteiger partial charge < -0.3 is 19.7 Å². The maximum atomic E-state index is 13.0. The highest BCUT2D eigenvalue weighted by Gasteiger charge is 2.30. The Kier molecular flexibility index (Phi) is 6.31. The van der Waals surface area contributed by atoms with Gasteiger partial charge in [-0.05, 0) is 60.4 Å². The highest BCUT2D eigenvalue weighted by Crippen LogP contribution is 2.33. The first-order chi connectivity index (χ1) is 15.1. The summed E-state index contributed by atoms with van der Waals surface area (Å²) in [4.78, 5) is 18.9. The summed E-state index contributed by atoms with van der Waals surface area (Å²) >= 11 is 0. The minimum absolute atomic E-state index is 0.0414. The van der Waals surface area contributed by atoms with Gasteiger partial charge in [0.05, 0.1) is 13.2 Å². The van der Waals surface area contributed by atoms with Crippen LogP contribution in [-0.2, 0) is 6.54 Å². The van der Waals surface area contributed by atoms with Gasteiger partial charge in [0, 0.05) is 25.4 Å². The first-order valence-electron chi connectivity index (χ1n) is 10.2. The zero-order valence-corrected chi connectivity index (χ0v) is 17.3. The Hall–Kier alpha value is -3.61. The van der Waals surface area contributed by atoms with Crippen molar-refractivity contribution < 1.29 is 18.7 Å². The third-order valence-corrected chi connectivity index (χ3v) is 5.27. The molecule has 1 atom stereocenters. The van der Waals surface area contributed by atoms with Crippen LogP contribution in [0, 0.1) is 5.82 Å². The van der Waals surface area contributed by atoms with Gasteiger partial charge >= 0.3 is 6.03 Å². The minimum Gasteiger partial charge on any atom is -0.497 e. The molecule has 2 heterocycles. The Labute approximate surface area is 180 Å². The van der Waals surface area contributed by atoms with Gasteiger partial charge in [-0.25, -0.2) is 14.2 Å². The SMILES string of the molecule is COc1cccc(C2CCCN2C(=O)NCc2ccc(Oc3ccc(F)cc3)nc2)c1. The van der Waals surface area contributed by atoms with Crippen molar-refractivity contribution in [3.63, 3.8) is 0 Å². The van der Waals surface area contributed by atoms with Crippen LogP contribution < -0.4 is 14.8 Å². The maximum Gasteiger partial charge on any atom is 0.318 e. The van der Waals surface area contributed by atoms with E-state index in [1.54, 1.807) is 31.5 Å². The Morgan fingerprint density at radius 1 is 1.16 bits per heavy atom. The molecule has 7 heteroatoms. The number of nitrogens with zero attached hydrogens (tertiary/aromatic N) is 2. The minimum atomic E-state index is -0.321. The Morgan fingerprint density at radius 2 is 2.00 bits per heavy atom. The summed E-state index contributed by atoms with van der Waals surface area (Å²) in [6, 6.07) is 17.1. The van der Waals surface area contributed by atoms with Gasteiger partial charge in [-0.15, -0.1) is 0 Å². The molecule has 1 aliphatic rings. The van der Waals surface area contributed by atoms with E-state index in [1.807, 2.05) is 35.2 Å². The van der Waals surface area contributed by atoms with Crippen LogP contribution in [-0.4, -0.2) is 29.6 Å². The van der Waals surface area contributed by atoms with E-state index in [0.717, 1.165) is 36.3 Å². The van der Waals surface area contributed by atoms with Gasteiger partial charge in [0.1, 0.15) is 17.3 Å². The molecule has 2 aromatic carbocycles. The van der Waals surface area contributed by atoms with Crippen molar-refractivity contribution in [2.24, 2.45) is 0 Å².